The molecule has 5 nitrogen and oxygen atoms in total. The number of halogens is 1. The van der Waals surface area contributed by atoms with Gasteiger partial charge in [0.05, 0.1) is 25.4 Å². The van der Waals surface area contributed by atoms with Gasteiger partial charge in [-0.1, -0.05) is 12.1 Å². The summed E-state index contributed by atoms with van der Waals surface area (Å²) in [6.45, 7) is 4.82. The fourth-order valence-corrected chi connectivity index (χ4v) is 3.33. The number of hydrogen-bond donors (Lipinski definition) is 1. The minimum absolute atomic E-state index is 0.00474. The Bertz CT molecular complexity index is 795. The van der Waals surface area contributed by atoms with Gasteiger partial charge in [-0.05, 0) is 36.8 Å². The zero-order chi connectivity index (χ0) is 19.4. The number of carbonyl (C=O) groups is 1. The Morgan fingerprint density at radius 1 is 1.22 bits per heavy atom. The lowest BCUT2D eigenvalue weighted by atomic mass is 10.1. The number of methoxy groups -OCH3 is 1. The number of rotatable bonds is 6. The minimum atomic E-state index is -0.286. The Morgan fingerprint density at radius 3 is 2.56 bits per heavy atom. The van der Waals surface area contributed by atoms with E-state index in [1.807, 2.05) is 36.1 Å². The maximum Gasteiger partial charge on any atom is 0.217 e. The molecule has 2 aromatic rings. The summed E-state index contributed by atoms with van der Waals surface area (Å²) in [5, 5.41) is 2.86. The van der Waals surface area contributed by atoms with E-state index in [1.165, 1.54) is 20.1 Å². The lowest BCUT2D eigenvalue weighted by Gasteiger charge is -2.20. The van der Waals surface area contributed by atoms with Crippen molar-refractivity contribution in [3.05, 3.63) is 53.8 Å². The van der Waals surface area contributed by atoms with Gasteiger partial charge in [-0.15, -0.1) is 0 Å². The standard InChI is InChI=1S/C21H25FN2O3/c1-14(23-15(2)25)16-4-6-17(7-5-16)27-19-10-11-24(13-19)21-9-8-18(26-3)12-20(21)22/h4-9,12,14,19H,10-11,13H2,1-3H3,(H,23,25). The normalized spacial score (nSPS) is 17.5. The largest absolute Gasteiger partial charge is 0.497 e. The Morgan fingerprint density at radius 2 is 1.93 bits per heavy atom. The van der Waals surface area contributed by atoms with Gasteiger partial charge in [-0.2, -0.15) is 0 Å². The van der Waals surface area contributed by atoms with Crippen LogP contribution in [0.3, 0.4) is 0 Å². The van der Waals surface area contributed by atoms with E-state index in [4.69, 9.17) is 9.47 Å². The zero-order valence-corrected chi connectivity index (χ0v) is 15.9. The van der Waals surface area contributed by atoms with Crippen LogP contribution in [0.2, 0.25) is 0 Å². The highest BCUT2D eigenvalue weighted by molar-refractivity contribution is 5.73. The van der Waals surface area contributed by atoms with E-state index in [0.717, 1.165) is 24.3 Å². The van der Waals surface area contributed by atoms with Gasteiger partial charge in [-0.3, -0.25) is 4.79 Å². The minimum Gasteiger partial charge on any atom is -0.497 e. The van der Waals surface area contributed by atoms with Gasteiger partial charge in [0.25, 0.3) is 0 Å². The second-order valence-electron chi connectivity index (χ2n) is 6.78. The van der Waals surface area contributed by atoms with Gasteiger partial charge in [0.15, 0.2) is 0 Å². The van der Waals surface area contributed by atoms with Crippen molar-refractivity contribution in [2.75, 3.05) is 25.1 Å². The number of nitrogens with one attached hydrogen (secondary N) is 1. The van der Waals surface area contributed by atoms with Crippen LogP contribution in [-0.2, 0) is 4.79 Å². The second-order valence-corrected chi connectivity index (χ2v) is 6.78. The molecule has 0 saturated carbocycles. The van der Waals surface area contributed by atoms with Crippen molar-refractivity contribution >= 4 is 11.6 Å². The fourth-order valence-electron chi connectivity index (χ4n) is 3.33. The smallest absolute Gasteiger partial charge is 0.217 e. The molecule has 27 heavy (non-hydrogen) atoms. The lowest BCUT2D eigenvalue weighted by Crippen LogP contribution is -2.25. The number of amides is 1. The molecule has 144 valence electrons. The van der Waals surface area contributed by atoms with Crippen molar-refractivity contribution in [2.45, 2.75) is 32.4 Å². The molecule has 0 aromatic heterocycles. The summed E-state index contributed by atoms with van der Waals surface area (Å²) in [4.78, 5) is 13.2. The second kappa shape index (κ2) is 8.29. The summed E-state index contributed by atoms with van der Waals surface area (Å²) in [5.74, 6) is 0.943. The quantitative estimate of drug-likeness (QED) is 0.840. The van der Waals surface area contributed by atoms with Gasteiger partial charge in [0, 0.05) is 26.0 Å². The highest BCUT2D eigenvalue weighted by Crippen LogP contribution is 2.28. The topological polar surface area (TPSA) is 50.8 Å². The molecular formula is C21H25FN2O3. The molecule has 1 amide bonds. The summed E-state index contributed by atoms with van der Waals surface area (Å²) in [7, 11) is 1.52. The Kier molecular flexibility index (Phi) is 5.84. The summed E-state index contributed by atoms with van der Waals surface area (Å²) in [5.41, 5.74) is 1.59. The summed E-state index contributed by atoms with van der Waals surface area (Å²) < 4.78 is 25.4. The highest BCUT2D eigenvalue weighted by Gasteiger charge is 2.26. The lowest BCUT2D eigenvalue weighted by molar-refractivity contribution is -0.119. The van der Waals surface area contributed by atoms with Gasteiger partial charge < -0.3 is 19.7 Å². The van der Waals surface area contributed by atoms with E-state index in [9.17, 15) is 9.18 Å². The van der Waals surface area contributed by atoms with Crippen LogP contribution in [0.4, 0.5) is 10.1 Å². The van der Waals surface area contributed by atoms with Crippen molar-refractivity contribution < 1.29 is 18.7 Å². The molecule has 0 spiro atoms. The molecule has 1 N–H and O–H groups in total. The van der Waals surface area contributed by atoms with E-state index >= 15 is 0 Å². The molecule has 1 fully saturated rings. The van der Waals surface area contributed by atoms with Crippen LogP contribution in [0.15, 0.2) is 42.5 Å². The number of hydrogen-bond acceptors (Lipinski definition) is 4. The van der Waals surface area contributed by atoms with E-state index in [0.29, 0.717) is 18.0 Å². The summed E-state index contributed by atoms with van der Waals surface area (Å²) >= 11 is 0. The molecule has 1 saturated heterocycles. The first-order chi connectivity index (χ1) is 13.0. The molecular weight excluding hydrogens is 347 g/mol. The van der Waals surface area contributed by atoms with Crippen LogP contribution in [0, 0.1) is 5.82 Å². The van der Waals surface area contributed by atoms with E-state index in [2.05, 4.69) is 5.32 Å². The van der Waals surface area contributed by atoms with Crippen molar-refractivity contribution in [3.63, 3.8) is 0 Å². The molecule has 1 heterocycles. The first-order valence-electron chi connectivity index (χ1n) is 9.08. The van der Waals surface area contributed by atoms with Crippen LogP contribution < -0.4 is 19.7 Å². The zero-order valence-electron chi connectivity index (χ0n) is 15.9. The number of ether oxygens (including phenoxy) is 2. The van der Waals surface area contributed by atoms with Crippen LogP contribution in [0.5, 0.6) is 11.5 Å². The summed E-state index contributed by atoms with van der Waals surface area (Å²) in [6, 6.07) is 12.6. The third-order valence-corrected chi connectivity index (χ3v) is 4.74. The molecule has 3 rings (SSSR count). The van der Waals surface area contributed by atoms with E-state index in [1.54, 1.807) is 12.1 Å². The van der Waals surface area contributed by atoms with Crippen LogP contribution in [0.25, 0.3) is 0 Å². The van der Waals surface area contributed by atoms with Crippen molar-refractivity contribution in [2.24, 2.45) is 0 Å². The average Bonchev–Trinajstić information content (AvgIpc) is 3.09. The highest BCUT2D eigenvalue weighted by atomic mass is 19.1. The maximum absolute atomic E-state index is 14.3. The number of benzene rings is 2. The first kappa shape index (κ1) is 19.0. The van der Waals surface area contributed by atoms with Gasteiger partial charge in [0.1, 0.15) is 23.4 Å². The Hall–Kier alpha value is -2.76. The molecule has 0 radical (unpaired) electrons. The predicted molar refractivity (Wildman–Crippen MR) is 103 cm³/mol. The predicted octanol–water partition coefficient (Wildman–Crippen LogP) is 3.69. The number of nitrogens with zero attached hydrogens (tertiary/aromatic N) is 1. The van der Waals surface area contributed by atoms with Gasteiger partial charge >= 0.3 is 0 Å². The maximum atomic E-state index is 14.3. The molecule has 1 aliphatic heterocycles. The Balaban J connectivity index is 1.59. The third kappa shape index (κ3) is 4.70. The Labute approximate surface area is 159 Å². The molecule has 2 aromatic carbocycles. The number of anilines is 1. The monoisotopic (exact) mass is 372 g/mol. The fraction of sp³-hybridized carbons (Fsp3) is 0.381. The molecule has 0 bridgehead atoms. The van der Waals surface area contributed by atoms with Crippen LogP contribution in [-0.4, -0.2) is 32.2 Å². The molecule has 6 heteroatoms. The van der Waals surface area contributed by atoms with E-state index < -0.39 is 0 Å². The van der Waals surface area contributed by atoms with Gasteiger partial charge in [0.2, 0.25) is 5.91 Å². The first-order valence-corrected chi connectivity index (χ1v) is 9.08. The molecule has 2 atom stereocenters. The third-order valence-electron chi connectivity index (χ3n) is 4.74. The SMILES string of the molecule is COc1ccc(N2CCC(Oc3ccc(C(C)NC(C)=O)cc3)C2)c(F)c1. The average molecular weight is 372 g/mol. The summed E-state index contributed by atoms with van der Waals surface area (Å²) in [6.07, 6.45) is 0.834. The molecule has 0 aliphatic carbocycles. The van der Waals surface area contributed by atoms with Crippen molar-refractivity contribution in [1.29, 1.82) is 0 Å². The van der Waals surface area contributed by atoms with Crippen LogP contribution >= 0.6 is 0 Å². The van der Waals surface area contributed by atoms with Crippen molar-refractivity contribution in [1.82, 2.24) is 5.32 Å². The van der Waals surface area contributed by atoms with Gasteiger partial charge in [-0.25, -0.2) is 4.39 Å². The molecule has 2 unspecified atom stereocenters. The molecule has 1 aliphatic rings. The van der Waals surface area contributed by atoms with Crippen molar-refractivity contribution in [3.8, 4) is 11.5 Å². The number of carbonyl (C=O) groups excluding carboxylic acids is 1. The van der Waals surface area contributed by atoms with E-state index in [-0.39, 0.29) is 23.9 Å². The van der Waals surface area contributed by atoms with Crippen LogP contribution in [0.1, 0.15) is 31.9 Å².